The lowest BCUT2D eigenvalue weighted by molar-refractivity contribution is 0.0724. The molecular formula is C32H29N5O. The summed E-state index contributed by atoms with van der Waals surface area (Å²) in [6.45, 7) is 3.35. The number of amides is 1. The predicted molar refractivity (Wildman–Crippen MR) is 151 cm³/mol. The number of fused-ring (bicyclic) bond motifs is 1. The molecule has 1 amide bonds. The van der Waals surface area contributed by atoms with Gasteiger partial charge >= 0.3 is 0 Å². The molecule has 6 heteroatoms. The van der Waals surface area contributed by atoms with Crippen LogP contribution in [0.1, 0.15) is 40.0 Å². The zero-order valence-electron chi connectivity index (χ0n) is 21.3. The Morgan fingerprint density at radius 1 is 0.868 bits per heavy atom. The number of aromatic nitrogens is 3. The molecule has 3 aromatic carbocycles. The van der Waals surface area contributed by atoms with Gasteiger partial charge in [-0.3, -0.25) is 9.78 Å². The predicted octanol–water partition coefficient (Wildman–Crippen LogP) is 6.42. The van der Waals surface area contributed by atoms with Crippen molar-refractivity contribution in [2.45, 2.75) is 38.9 Å². The van der Waals surface area contributed by atoms with E-state index in [-0.39, 0.29) is 11.9 Å². The number of nitrogens with one attached hydrogen (secondary N) is 1. The van der Waals surface area contributed by atoms with Crippen LogP contribution in [0.4, 0.5) is 5.82 Å². The molecule has 5 aromatic rings. The number of nitrogens with zero attached hydrogens (tertiary/aromatic N) is 4. The molecule has 0 saturated heterocycles. The minimum Gasteiger partial charge on any atom is -0.365 e. The second-order valence-electron chi connectivity index (χ2n) is 9.88. The number of carbonyl (C=O) groups excluding carboxylic acids is 1. The van der Waals surface area contributed by atoms with E-state index >= 15 is 0 Å². The molecular weight excluding hydrogens is 470 g/mol. The van der Waals surface area contributed by atoms with Gasteiger partial charge in [0.2, 0.25) is 0 Å². The average Bonchev–Trinajstić information content (AvgIpc) is 3.80. The molecule has 6 rings (SSSR count). The van der Waals surface area contributed by atoms with Crippen LogP contribution in [0, 0.1) is 6.92 Å². The molecule has 0 spiro atoms. The van der Waals surface area contributed by atoms with Crippen molar-refractivity contribution in [3.05, 3.63) is 120 Å². The maximum absolute atomic E-state index is 13.2. The normalized spacial score (nSPS) is 12.9. The average molecular weight is 500 g/mol. The van der Waals surface area contributed by atoms with E-state index in [1.165, 1.54) is 11.1 Å². The van der Waals surface area contributed by atoms with Crippen LogP contribution in [0.3, 0.4) is 0 Å². The highest BCUT2D eigenvalue weighted by Gasteiger charge is 2.33. The van der Waals surface area contributed by atoms with Gasteiger partial charge < -0.3 is 10.2 Å². The van der Waals surface area contributed by atoms with Gasteiger partial charge in [0.25, 0.3) is 5.91 Å². The minimum absolute atomic E-state index is 0.00863. The molecule has 0 aliphatic heterocycles. The third-order valence-electron chi connectivity index (χ3n) is 6.92. The maximum atomic E-state index is 13.2. The van der Waals surface area contributed by atoms with E-state index in [0.717, 1.165) is 46.3 Å². The molecule has 0 bridgehead atoms. The van der Waals surface area contributed by atoms with Gasteiger partial charge in [-0.1, -0.05) is 60.2 Å². The molecule has 0 radical (unpaired) electrons. The first kappa shape index (κ1) is 23.8. The third-order valence-corrected chi connectivity index (χ3v) is 6.92. The van der Waals surface area contributed by atoms with Crippen LogP contribution in [-0.4, -0.2) is 31.8 Å². The summed E-state index contributed by atoms with van der Waals surface area (Å²) in [5.41, 5.74) is 7.12. The Bertz CT molecular complexity index is 1600. The number of aryl methyl sites for hydroxylation is 1. The van der Waals surface area contributed by atoms with E-state index in [4.69, 9.17) is 0 Å². The van der Waals surface area contributed by atoms with Crippen LogP contribution < -0.4 is 5.32 Å². The number of hydrogen-bond acceptors (Lipinski definition) is 5. The van der Waals surface area contributed by atoms with E-state index in [0.29, 0.717) is 18.8 Å². The van der Waals surface area contributed by atoms with Crippen LogP contribution in [0.25, 0.3) is 22.0 Å². The van der Waals surface area contributed by atoms with Gasteiger partial charge in [-0.2, -0.15) is 0 Å². The molecule has 1 saturated carbocycles. The Morgan fingerprint density at radius 2 is 1.71 bits per heavy atom. The molecule has 2 aromatic heterocycles. The summed E-state index contributed by atoms with van der Waals surface area (Å²) in [4.78, 5) is 28.5. The van der Waals surface area contributed by atoms with Crippen molar-refractivity contribution in [3.8, 4) is 11.1 Å². The first-order valence-electron chi connectivity index (χ1n) is 13.0. The van der Waals surface area contributed by atoms with Crippen molar-refractivity contribution in [1.82, 2.24) is 19.9 Å². The summed E-state index contributed by atoms with van der Waals surface area (Å²) in [5.74, 6) is 0.807. The first-order chi connectivity index (χ1) is 18.6. The number of rotatable bonds is 8. The van der Waals surface area contributed by atoms with Crippen molar-refractivity contribution >= 4 is 22.6 Å². The van der Waals surface area contributed by atoms with Gasteiger partial charge in [0.05, 0.1) is 5.52 Å². The standard InChI is InChI=1S/C32H29N5O/c1-22-6-4-7-23(16-22)19-34-31-28-18-26(11-14-29(28)35-21-36-31)25-9-5-8-24(17-25)20-37(27-12-13-27)32(38)30-10-2-3-15-33-30/h2-11,14-18,21,27H,12-13,19-20H2,1H3,(H,34,35,36). The van der Waals surface area contributed by atoms with Crippen molar-refractivity contribution in [3.63, 3.8) is 0 Å². The molecule has 1 aliphatic carbocycles. The molecule has 188 valence electrons. The van der Waals surface area contributed by atoms with E-state index in [1.54, 1.807) is 18.6 Å². The summed E-state index contributed by atoms with van der Waals surface area (Å²) in [7, 11) is 0. The Hall–Kier alpha value is -4.58. The number of benzene rings is 3. The topological polar surface area (TPSA) is 71.0 Å². The van der Waals surface area contributed by atoms with Crippen molar-refractivity contribution in [1.29, 1.82) is 0 Å². The second-order valence-corrected chi connectivity index (χ2v) is 9.88. The van der Waals surface area contributed by atoms with Gasteiger partial charge in [0, 0.05) is 30.7 Å². The Labute approximate surface area is 222 Å². The second kappa shape index (κ2) is 10.4. The van der Waals surface area contributed by atoms with Crippen molar-refractivity contribution in [2.24, 2.45) is 0 Å². The summed E-state index contributed by atoms with van der Waals surface area (Å²) >= 11 is 0. The maximum Gasteiger partial charge on any atom is 0.272 e. The Kier molecular flexibility index (Phi) is 6.53. The zero-order chi connectivity index (χ0) is 25.9. The lowest BCUT2D eigenvalue weighted by atomic mass is 10.0. The summed E-state index contributed by atoms with van der Waals surface area (Å²) in [6, 6.07) is 28.9. The molecule has 2 heterocycles. The van der Waals surface area contributed by atoms with E-state index in [9.17, 15) is 4.79 Å². The van der Waals surface area contributed by atoms with Crippen molar-refractivity contribution in [2.75, 3.05) is 5.32 Å². The summed E-state index contributed by atoms with van der Waals surface area (Å²) in [6.07, 6.45) is 5.36. The summed E-state index contributed by atoms with van der Waals surface area (Å²) < 4.78 is 0. The highest BCUT2D eigenvalue weighted by molar-refractivity contribution is 5.93. The van der Waals surface area contributed by atoms with Crippen LogP contribution in [-0.2, 0) is 13.1 Å². The Morgan fingerprint density at radius 3 is 2.53 bits per heavy atom. The molecule has 1 fully saturated rings. The van der Waals surface area contributed by atoms with Crippen LogP contribution >= 0.6 is 0 Å². The van der Waals surface area contributed by atoms with E-state index in [1.807, 2.05) is 23.1 Å². The fourth-order valence-corrected chi connectivity index (χ4v) is 4.82. The van der Waals surface area contributed by atoms with Crippen molar-refractivity contribution < 1.29 is 4.79 Å². The first-order valence-corrected chi connectivity index (χ1v) is 13.0. The summed E-state index contributed by atoms with van der Waals surface area (Å²) in [5, 5.41) is 4.47. The van der Waals surface area contributed by atoms with E-state index < -0.39 is 0 Å². The van der Waals surface area contributed by atoms with Gasteiger partial charge in [-0.05, 0) is 72.4 Å². The Balaban J connectivity index is 1.26. The fraction of sp³-hybridized carbons (Fsp3) is 0.188. The molecule has 38 heavy (non-hydrogen) atoms. The highest BCUT2D eigenvalue weighted by atomic mass is 16.2. The SMILES string of the molecule is Cc1cccc(CNc2ncnc3ccc(-c4cccc(CN(C(=O)c5ccccn5)C5CC5)c4)cc23)c1. The zero-order valence-corrected chi connectivity index (χ0v) is 21.3. The molecule has 0 atom stereocenters. The quantitative estimate of drug-likeness (QED) is 0.267. The largest absolute Gasteiger partial charge is 0.365 e. The number of pyridine rings is 1. The number of anilines is 1. The molecule has 1 N–H and O–H groups in total. The third kappa shape index (κ3) is 5.25. The van der Waals surface area contributed by atoms with Gasteiger partial charge in [0.1, 0.15) is 17.8 Å². The van der Waals surface area contributed by atoms with Crippen LogP contribution in [0.5, 0.6) is 0 Å². The van der Waals surface area contributed by atoms with Crippen LogP contribution in [0.15, 0.2) is 97.5 Å². The van der Waals surface area contributed by atoms with Gasteiger partial charge in [-0.15, -0.1) is 0 Å². The molecule has 6 nitrogen and oxygen atoms in total. The lowest BCUT2D eigenvalue weighted by Gasteiger charge is -2.22. The lowest BCUT2D eigenvalue weighted by Crippen LogP contribution is -2.33. The van der Waals surface area contributed by atoms with Gasteiger partial charge in [-0.25, -0.2) is 9.97 Å². The smallest absolute Gasteiger partial charge is 0.272 e. The van der Waals surface area contributed by atoms with Gasteiger partial charge in [0.15, 0.2) is 0 Å². The number of hydrogen-bond donors (Lipinski definition) is 1. The minimum atomic E-state index is -0.00863. The molecule has 1 aliphatic rings. The molecule has 0 unspecified atom stereocenters. The van der Waals surface area contributed by atoms with E-state index in [2.05, 4.69) is 87.9 Å². The number of carbonyl (C=O) groups is 1. The van der Waals surface area contributed by atoms with Crippen LogP contribution in [0.2, 0.25) is 0 Å². The highest BCUT2D eigenvalue weighted by Crippen LogP contribution is 2.31. The fourth-order valence-electron chi connectivity index (χ4n) is 4.82. The monoisotopic (exact) mass is 499 g/mol.